The molecule has 1 aliphatic rings. The Balaban J connectivity index is 2.93. The van der Waals surface area contributed by atoms with E-state index in [0.717, 1.165) is 0 Å². The molecule has 1 aliphatic carbocycles. The predicted octanol–water partition coefficient (Wildman–Crippen LogP) is 1.29. The molecule has 0 radical (unpaired) electrons. The van der Waals surface area contributed by atoms with E-state index in [1.165, 1.54) is 12.2 Å². The Kier molecular flexibility index (Phi) is 2.21. The van der Waals surface area contributed by atoms with Crippen LogP contribution >= 0.6 is 0 Å². The number of rotatable bonds is 1. The van der Waals surface area contributed by atoms with E-state index in [1.54, 1.807) is 6.08 Å². The zero-order valence-electron chi connectivity index (χ0n) is 6.24. The first kappa shape index (κ1) is 7.72. The van der Waals surface area contributed by atoms with Crippen LogP contribution in [0.25, 0.3) is 0 Å². The average molecular weight is 151 g/mol. The summed E-state index contributed by atoms with van der Waals surface area (Å²) in [7, 11) is 0. The minimum Gasteiger partial charge on any atom is -0.410 e. The lowest BCUT2D eigenvalue weighted by molar-refractivity contribution is -0.111. The van der Waals surface area contributed by atoms with Crippen molar-refractivity contribution in [2.45, 2.75) is 13.3 Å². The van der Waals surface area contributed by atoms with Gasteiger partial charge in [-0.3, -0.25) is 4.79 Å². The highest BCUT2D eigenvalue weighted by Gasteiger charge is 2.09. The molecular weight excluding hydrogens is 142 g/mol. The van der Waals surface area contributed by atoms with Gasteiger partial charge in [0.05, 0.1) is 0 Å². The van der Waals surface area contributed by atoms with Crippen LogP contribution in [0.3, 0.4) is 0 Å². The first-order valence-electron chi connectivity index (χ1n) is 3.43. The van der Waals surface area contributed by atoms with Gasteiger partial charge in [-0.25, -0.2) is 0 Å². The van der Waals surface area contributed by atoms with Crippen molar-refractivity contribution in [3.8, 4) is 0 Å². The summed E-state index contributed by atoms with van der Waals surface area (Å²) in [5.74, 6) is -0.0000926. The zero-order valence-corrected chi connectivity index (χ0v) is 6.24. The van der Waals surface area contributed by atoms with Crippen LogP contribution < -0.4 is 0 Å². The maximum absolute atomic E-state index is 11.0. The molecule has 0 aliphatic heterocycles. The molecule has 0 saturated heterocycles. The number of allylic oxidation sites excluding steroid dienone is 4. The highest BCUT2D eigenvalue weighted by atomic mass is 16.4. The highest BCUT2D eigenvalue weighted by Crippen LogP contribution is 2.08. The van der Waals surface area contributed by atoms with E-state index in [9.17, 15) is 4.79 Å². The van der Waals surface area contributed by atoms with Gasteiger partial charge in [-0.05, 0) is 24.6 Å². The van der Waals surface area contributed by atoms with Crippen molar-refractivity contribution in [2.24, 2.45) is 5.16 Å². The molecule has 0 saturated carbocycles. The smallest absolute Gasteiger partial charge is 0.181 e. The van der Waals surface area contributed by atoms with Gasteiger partial charge in [-0.2, -0.15) is 0 Å². The Hall–Kier alpha value is -1.38. The number of nitrogens with zero attached hydrogens (tertiary/aromatic N) is 1. The van der Waals surface area contributed by atoms with Crippen LogP contribution in [0, 0.1) is 0 Å². The van der Waals surface area contributed by atoms with E-state index < -0.39 is 0 Å². The van der Waals surface area contributed by atoms with E-state index in [-0.39, 0.29) is 5.78 Å². The largest absolute Gasteiger partial charge is 0.410 e. The van der Waals surface area contributed by atoms with Gasteiger partial charge in [0.15, 0.2) is 5.78 Å². The quantitative estimate of drug-likeness (QED) is 0.349. The average Bonchev–Trinajstić information content (AvgIpc) is 2.05. The fourth-order valence-corrected chi connectivity index (χ4v) is 0.904. The molecule has 0 aromatic heterocycles. The molecule has 0 aromatic carbocycles. The van der Waals surface area contributed by atoms with E-state index in [1.807, 2.05) is 6.92 Å². The molecular formula is C8H9NO2. The van der Waals surface area contributed by atoms with Gasteiger partial charge in [0.1, 0.15) is 5.71 Å². The molecule has 0 atom stereocenters. The lowest BCUT2D eigenvalue weighted by Crippen LogP contribution is -2.06. The molecule has 0 spiro atoms. The third kappa shape index (κ3) is 1.55. The van der Waals surface area contributed by atoms with Crippen LogP contribution in [0.5, 0.6) is 0 Å². The van der Waals surface area contributed by atoms with Crippen LogP contribution in [-0.4, -0.2) is 16.7 Å². The lowest BCUT2D eigenvalue weighted by atomic mass is 10.0. The van der Waals surface area contributed by atoms with E-state index in [2.05, 4.69) is 5.16 Å². The summed E-state index contributed by atoms with van der Waals surface area (Å²) in [6.45, 7) is 1.89. The molecule has 1 N–H and O–H groups in total. The van der Waals surface area contributed by atoms with Crippen LogP contribution in [0.2, 0.25) is 0 Å². The number of carbonyl (C=O) groups excluding carboxylic acids is 1. The molecule has 3 nitrogen and oxygen atoms in total. The van der Waals surface area contributed by atoms with Crippen LogP contribution in [0.1, 0.15) is 13.3 Å². The molecule has 58 valence electrons. The number of oxime groups is 1. The van der Waals surface area contributed by atoms with Gasteiger partial charge in [0, 0.05) is 5.57 Å². The molecule has 11 heavy (non-hydrogen) atoms. The van der Waals surface area contributed by atoms with Crippen LogP contribution in [0.15, 0.2) is 29.0 Å². The second kappa shape index (κ2) is 3.14. The summed E-state index contributed by atoms with van der Waals surface area (Å²) >= 11 is 0. The van der Waals surface area contributed by atoms with Gasteiger partial charge < -0.3 is 5.21 Å². The first-order valence-corrected chi connectivity index (χ1v) is 3.43. The van der Waals surface area contributed by atoms with Gasteiger partial charge in [0.2, 0.25) is 0 Å². The van der Waals surface area contributed by atoms with Crippen LogP contribution in [0.4, 0.5) is 0 Å². The molecule has 0 aromatic rings. The fourth-order valence-electron chi connectivity index (χ4n) is 0.904. The van der Waals surface area contributed by atoms with E-state index >= 15 is 0 Å². The fraction of sp³-hybridized carbons (Fsp3) is 0.250. The highest BCUT2D eigenvalue weighted by molar-refractivity contribution is 6.18. The standard InChI is InChI=1S/C8H9NO2/c1-2-6-5-7(9-11)3-4-8(6)10/h3-5,11H,2H2,1H3. The number of ketones is 1. The Labute approximate surface area is 64.7 Å². The number of hydrogen-bond donors (Lipinski definition) is 1. The summed E-state index contributed by atoms with van der Waals surface area (Å²) in [5.41, 5.74) is 1.11. The minimum atomic E-state index is -0.0000926. The Morgan fingerprint density at radius 2 is 2.27 bits per heavy atom. The summed E-state index contributed by atoms with van der Waals surface area (Å²) < 4.78 is 0. The second-order valence-electron chi connectivity index (χ2n) is 2.25. The number of hydrogen-bond acceptors (Lipinski definition) is 3. The molecule has 1 rings (SSSR count). The zero-order chi connectivity index (χ0) is 8.27. The minimum absolute atomic E-state index is 0.0000926. The second-order valence-corrected chi connectivity index (χ2v) is 2.25. The topological polar surface area (TPSA) is 49.7 Å². The van der Waals surface area contributed by atoms with Crippen molar-refractivity contribution in [1.82, 2.24) is 0 Å². The van der Waals surface area contributed by atoms with Crippen molar-refractivity contribution in [3.05, 3.63) is 23.8 Å². The molecule has 0 amide bonds. The lowest BCUT2D eigenvalue weighted by Gasteiger charge is -2.03. The summed E-state index contributed by atoms with van der Waals surface area (Å²) in [6.07, 6.45) is 5.15. The normalized spacial score (nSPS) is 20.6. The number of carbonyl (C=O) groups is 1. The van der Waals surface area contributed by atoms with E-state index in [4.69, 9.17) is 5.21 Å². The molecule has 0 fully saturated rings. The third-order valence-electron chi connectivity index (χ3n) is 1.54. The van der Waals surface area contributed by atoms with Crippen LogP contribution in [-0.2, 0) is 4.79 Å². The maximum Gasteiger partial charge on any atom is 0.181 e. The predicted molar refractivity (Wildman–Crippen MR) is 41.7 cm³/mol. The van der Waals surface area contributed by atoms with Crippen molar-refractivity contribution in [3.63, 3.8) is 0 Å². The van der Waals surface area contributed by atoms with Crippen molar-refractivity contribution in [2.75, 3.05) is 0 Å². The third-order valence-corrected chi connectivity index (χ3v) is 1.54. The molecule has 0 unspecified atom stereocenters. The summed E-state index contributed by atoms with van der Waals surface area (Å²) in [4.78, 5) is 11.0. The SMILES string of the molecule is CCC1=CC(=NO)C=CC1=O. The Morgan fingerprint density at radius 3 is 2.82 bits per heavy atom. The van der Waals surface area contributed by atoms with Gasteiger partial charge >= 0.3 is 0 Å². The van der Waals surface area contributed by atoms with Gasteiger partial charge in [-0.15, -0.1) is 0 Å². The van der Waals surface area contributed by atoms with Crippen molar-refractivity contribution in [1.29, 1.82) is 0 Å². The Bertz CT molecular complexity index is 261. The van der Waals surface area contributed by atoms with Gasteiger partial charge in [0.25, 0.3) is 0 Å². The molecule has 3 heteroatoms. The van der Waals surface area contributed by atoms with E-state index in [0.29, 0.717) is 17.7 Å². The molecule has 0 bridgehead atoms. The van der Waals surface area contributed by atoms with Gasteiger partial charge in [-0.1, -0.05) is 12.1 Å². The maximum atomic E-state index is 11.0. The first-order chi connectivity index (χ1) is 5.27. The summed E-state index contributed by atoms with van der Waals surface area (Å²) in [6, 6.07) is 0. The monoisotopic (exact) mass is 151 g/mol. The van der Waals surface area contributed by atoms with Crippen molar-refractivity contribution >= 4 is 11.5 Å². The van der Waals surface area contributed by atoms with Crippen molar-refractivity contribution < 1.29 is 10.0 Å². The Morgan fingerprint density at radius 1 is 1.55 bits per heavy atom. The molecule has 0 heterocycles. The summed E-state index contributed by atoms with van der Waals surface area (Å²) in [5, 5.41) is 11.4.